The summed E-state index contributed by atoms with van der Waals surface area (Å²) in [6.45, 7) is 5.96. The van der Waals surface area contributed by atoms with Gasteiger partial charge in [0.05, 0.1) is 25.9 Å². The summed E-state index contributed by atoms with van der Waals surface area (Å²) < 4.78 is 11.1. The number of hydrogen-bond acceptors (Lipinski definition) is 3. The molecule has 0 aliphatic carbocycles. The van der Waals surface area contributed by atoms with Gasteiger partial charge in [0.15, 0.2) is 0 Å². The van der Waals surface area contributed by atoms with Crippen LogP contribution in [0.1, 0.15) is 26.2 Å². The minimum Gasteiger partial charge on any atom is -0.376 e. The molecule has 2 unspecified atom stereocenters. The first-order chi connectivity index (χ1) is 7.25. The van der Waals surface area contributed by atoms with Crippen molar-refractivity contribution in [3.05, 3.63) is 0 Å². The molecule has 0 bridgehead atoms. The fourth-order valence-corrected chi connectivity index (χ4v) is 2.55. The summed E-state index contributed by atoms with van der Waals surface area (Å²) in [7, 11) is 2.22. The highest BCUT2D eigenvalue weighted by Crippen LogP contribution is 2.25. The topological polar surface area (TPSA) is 21.7 Å². The highest BCUT2D eigenvalue weighted by Gasteiger charge is 2.27. The van der Waals surface area contributed by atoms with Crippen molar-refractivity contribution in [1.29, 1.82) is 0 Å². The minimum atomic E-state index is 0.346. The maximum Gasteiger partial charge on any atom is 0.0812 e. The molecule has 0 N–H and O–H groups in total. The molecule has 88 valence electrons. The summed E-state index contributed by atoms with van der Waals surface area (Å²) in [5.74, 6) is 0.754. The van der Waals surface area contributed by atoms with Gasteiger partial charge in [-0.15, -0.1) is 0 Å². The first-order valence-corrected chi connectivity index (χ1v) is 6.15. The first-order valence-electron chi connectivity index (χ1n) is 6.15. The smallest absolute Gasteiger partial charge is 0.0812 e. The van der Waals surface area contributed by atoms with Crippen molar-refractivity contribution in [1.82, 2.24) is 4.90 Å². The number of rotatable bonds is 4. The van der Waals surface area contributed by atoms with E-state index in [4.69, 9.17) is 9.47 Å². The van der Waals surface area contributed by atoms with E-state index in [-0.39, 0.29) is 0 Å². The van der Waals surface area contributed by atoms with E-state index in [1.165, 1.54) is 19.4 Å². The lowest BCUT2D eigenvalue weighted by atomic mass is 9.90. The van der Waals surface area contributed by atoms with Gasteiger partial charge in [0, 0.05) is 6.04 Å². The predicted molar refractivity (Wildman–Crippen MR) is 60.0 cm³/mol. The number of ether oxygens (including phenoxy) is 2. The normalized spacial score (nSPS) is 34.8. The molecule has 2 aliphatic rings. The second kappa shape index (κ2) is 5.28. The third-order valence-electron chi connectivity index (χ3n) is 3.66. The predicted octanol–water partition coefficient (Wildman–Crippen LogP) is 1.52. The molecule has 2 rings (SSSR count). The molecule has 3 nitrogen and oxygen atoms in total. The zero-order valence-electron chi connectivity index (χ0n) is 9.95. The van der Waals surface area contributed by atoms with Crippen molar-refractivity contribution in [2.24, 2.45) is 5.92 Å². The van der Waals surface area contributed by atoms with Gasteiger partial charge in [-0.25, -0.2) is 0 Å². The summed E-state index contributed by atoms with van der Waals surface area (Å²) in [6.07, 6.45) is 4.20. The Morgan fingerprint density at radius 3 is 2.73 bits per heavy atom. The van der Waals surface area contributed by atoms with Crippen LogP contribution in [0.4, 0.5) is 0 Å². The summed E-state index contributed by atoms with van der Waals surface area (Å²) in [5, 5.41) is 0. The molecule has 0 spiro atoms. The quantitative estimate of drug-likeness (QED) is 0.707. The lowest BCUT2D eigenvalue weighted by Crippen LogP contribution is -2.45. The van der Waals surface area contributed by atoms with Crippen molar-refractivity contribution in [3.8, 4) is 0 Å². The van der Waals surface area contributed by atoms with Crippen LogP contribution >= 0.6 is 0 Å². The van der Waals surface area contributed by atoms with Crippen molar-refractivity contribution >= 4 is 0 Å². The average Bonchev–Trinajstić information content (AvgIpc) is 2.25. The molecule has 0 amide bonds. The molecule has 2 heterocycles. The zero-order valence-corrected chi connectivity index (χ0v) is 9.95. The average molecular weight is 213 g/mol. The van der Waals surface area contributed by atoms with Crippen LogP contribution in [0.2, 0.25) is 0 Å². The molecular formula is C12H23NO2. The van der Waals surface area contributed by atoms with E-state index in [0.29, 0.717) is 6.10 Å². The Kier molecular flexibility index (Phi) is 4.00. The molecule has 3 heteroatoms. The Labute approximate surface area is 92.7 Å². The second-order valence-corrected chi connectivity index (χ2v) is 5.07. The van der Waals surface area contributed by atoms with Crippen molar-refractivity contribution in [2.45, 2.75) is 38.3 Å². The molecule has 15 heavy (non-hydrogen) atoms. The van der Waals surface area contributed by atoms with Crippen LogP contribution in [0.15, 0.2) is 0 Å². The Morgan fingerprint density at radius 2 is 2.20 bits per heavy atom. The van der Waals surface area contributed by atoms with Gasteiger partial charge in [-0.1, -0.05) is 6.92 Å². The van der Waals surface area contributed by atoms with Crippen molar-refractivity contribution < 1.29 is 9.47 Å². The Bertz CT molecular complexity index is 192. The molecule has 0 aromatic carbocycles. The lowest BCUT2D eigenvalue weighted by Gasteiger charge is -2.40. The van der Waals surface area contributed by atoms with Crippen LogP contribution in [0.25, 0.3) is 0 Å². The van der Waals surface area contributed by atoms with Crippen LogP contribution in [-0.2, 0) is 9.47 Å². The standard InChI is InChI=1S/C12H23NO2/c1-10(7-11-3-4-13(11)2)8-12-9-14-5-6-15-12/h10-12H,3-9H2,1-2H3/t10?,11?,12-/m1/s1. The maximum absolute atomic E-state index is 5.67. The zero-order chi connectivity index (χ0) is 10.7. The molecular weight excluding hydrogens is 190 g/mol. The number of hydrogen-bond donors (Lipinski definition) is 0. The van der Waals surface area contributed by atoms with Gasteiger partial charge in [0.2, 0.25) is 0 Å². The van der Waals surface area contributed by atoms with E-state index in [0.717, 1.165) is 38.2 Å². The highest BCUT2D eigenvalue weighted by molar-refractivity contribution is 4.82. The highest BCUT2D eigenvalue weighted by atomic mass is 16.6. The van der Waals surface area contributed by atoms with Crippen LogP contribution < -0.4 is 0 Å². The van der Waals surface area contributed by atoms with E-state index in [2.05, 4.69) is 18.9 Å². The van der Waals surface area contributed by atoms with E-state index >= 15 is 0 Å². The van der Waals surface area contributed by atoms with Gasteiger partial charge in [0.25, 0.3) is 0 Å². The Morgan fingerprint density at radius 1 is 1.33 bits per heavy atom. The Balaban J connectivity index is 1.64. The number of nitrogens with zero attached hydrogens (tertiary/aromatic N) is 1. The summed E-state index contributed by atoms with van der Waals surface area (Å²) in [5.41, 5.74) is 0. The van der Waals surface area contributed by atoms with Gasteiger partial charge in [0.1, 0.15) is 0 Å². The molecule has 0 saturated carbocycles. The largest absolute Gasteiger partial charge is 0.376 e. The fourth-order valence-electron chi connectivity index (χ4n) is 2.55. The molecule has 2 aliphatic heterocycles. The summed E-state index contributed by atoms with van der Waals surface area (Å²) in [6, 6.07) is 0.824. The van der Waals surface area contributed by atoms with E-state index in [1.807, 2.05) is 0 Å². The van der Waals surface area contributed by atoms with Gasteiger partial charge in [-0.05, 0) is 38.8 Å². The lowest BCUT2D eigenvalue weighted by molar-refractivity contribution is -0.0964. The molecule has 0 aromatic heterocycles. The van der Waals surface area contributed by atoms with Gasteiger partial charge in [-0.3, -0.25) is 0 Å². The van der Waals surface area contributed by atoms with Crippen molar-refractivity contribution in [2.75, 3.05) is 33.4 Å². The maximum atomic E-state index is 5.67. The third kappa shape index (κ3) is 3.16. The molecule has 0 aromatic rings. The van der Waals surface area contributed by atoms with E-state index < -0.39 is 0 Å². The van der Waals surface area contributed by atoms with Crippen LogP contribution in [0, 0.1) is 5.92 Å². The minimum absolute atomic E-state index is 0.346. The van der Waals surface area contributed by atoms with Crippen molar-refractivity contribution in [3.63, 3.8) is 0 Å². The first kappa shape index (κ1) is 11.4. The van der Waals surface area contributed by atoms with Crippen LogP contribution in [0.5, 0.6) is 0 Å². The summed E-state index contributed by atoms with van der Waals surface area (Å²) >= 11 is 0. The van der Waals surface area contributed by atoms with Crippen LogP contribution in [-0.4, -0.2) is 50.5 Å². The van der Waals surface area contributed by atoms with Gasteiger partial charge < -0.3 is 14.4 Å². The molecule has 3 atom stereocenters. The summed E-state index contributed by atoms with van der Waals surface area (Å²) in [4.78, 5) is 2.45. The van der Waals surface area contributed by atoms with Gasteiger partial charge in [-0.2, -0.15) is 0 Å². The van der Waals surface area contributed by atoms with E-state index in [9.17, 15) is 0 Å². The molecule has 2 saturated heterocycles. The van der Waals surface area contributed by atoms with E-state index in [1.54, 1.807) is 0 Å². The van der Waals surface area contributed by atoms with Crippen LogP contribution in [0.3, 0.4) is 0 Å². The monoisotopic (exact) mass is 213 g/mol. The third-order valence-corrected chi connectivity index (χ3v) is 3.66. The SMILES string of the molecule is CC(CC1CCN1C)C[C@@H]1COCCO1. The molecule has 2 fully saturated rings. The molecule has 0 radical (unpaired) electrons. The van der Waals surface area contributed by atoms with Gasteiger partial charge >= 0.3 is 0 Å². The Hall–Kier alpha value is -0.120. The second-order valence-electron chi connectivity index (χ2n) is 5.07. The fraction of sp³-hybridized carbons (Fsp3) is 1.00. The number of likely N-dealkylation sites (tertiary alicyclic amines) is 1.